The standard InChI is InChI=1S/C24H23N3O5S/c28-24-10-5-15-26(24)17-18-11-13-19(14-12-18)21-7-2-1-6-20(21)16-25-33(31,32)23-9-4-3-8-22(23)27(29)30/h1-4,6-9,11-14,25H,5,10,15-17H2. The number of likely N-dealkylation sites (tertiary alicyclic amines) is 1. The number of nitro benzene ring substituents is 1. The average Bonchev–Trinajstić information content (AvgIpc) is 3.22. The van der Waals surface area contributed by atoms with Crippen molar-refractivity contribution < 1.29 is 18.1 Å². The van der Waals surface area contributed by atoms with E-state index in [2.05, 4.69) is 4.72 Å². The van der Waals surface area contributed by atoms with E-state index < -0.39 is 20.6 Å². The molecule has 1 saturated heterocycles. The van der Waals surface area contributed by atoms with Crippen molar-refractivity contribution in [2.45, 2.75) is 30.8 Å². The van der Waals surface area contributed by atoms with Gasteiger partial charge in [0.25, 0.3) is 5.69 Å². The highest BCUT2D eigenvalue weighted by Crippen LogP contribution is 2.27. The summed E-state index contributed by atoms with van der Waals surface area (Å²) in [6.07, 6.45) is 1.50. The maximum absolute atomic E-state index is 12.8. The lowest BCUT2D eigenvalue weighted by Gasteiger charge is -2.16. The molecule has 1 fully saturated rings. The van der Waals surface area contributed by atoms with Gasteiger partial charge in [-0.05, 0) is 34.7 Å². The third kappa shape index (κ3) is 5.10. The van der Waals surface area contributed by atoms with E-state index in [-0.39, 0.29) is 17.3 Å². The molecule has 0 radical (unpaired) electrons. The molecular formula is C24H23N3O5S. The first kappa shape index (κ1) is 22.6. The molecule has 1 heterocycles. The summed E-state index contributed by atoms with van der Waals surface area (Å²) in [5.74, 6) is 0.176. The Hall–Kier alpha value is -3.56. The zero-order valence-electron chi connectivity index (χ0n) is 17.8. The molecule has 8 nitrogen and oxygen atoms in total. The van der Waals surface area contributed by atoms with Crippen LogP contribution in [0.3, 0.4) is 0 Å². The summed E-state index contributed by atoms with van der Waals surface area (Å²) >= 11 is 0. The monoisotopic (exact) mass is 465 g/mol. The summed E-state index contributed by atoms with van der Waals surface area (Å²) < 4.78 is 28.0. The van der Waals surface area contributed by atoms with Crippen molar-refractivity contribution in [3.8, 4) is 11.1 Å². The Labute approximate surface area is 192 Å². The predicted molar refractivity (Wildman–Crippen MR) is 124 cm³/mol. The first-order chi connectivity index (χ1) is 15.8. The summed E-state index contributed by atoms with van der Waals surface area (Å²) in [4.78, 5) is 23.9. The van der Waals surface area contributed by atoms with Crippen molar-refractivity contribution in [3.63, 3.8) is 0 Å². The predicted octanol–water partition coefficient (Wildman–Crippen LogP) is 3.86. The van der Waals surface area contributed by atoms with Gasteiger partial charge in [0.1, 0.15) is 0 Å². The van der Waals surface area contributed by atoms with E-state index in [1.165, 1.54) is 24.3 Å². The molecule has 1 amide bonds. The lowest BCUT2D eigenvalue weighted by molar-refractivity contribution is -0.387. The van der Waals surface area contributed by atoms with Crippen molar-refractivity contribution >= 4 is 21.6 Å². The fourth-order valence-corrected chi connectivity index (χ4v) is 5.10. The minimum Gasteiger partial charge on any atom is -0.338 e. The molecule has 3 aromatic carbocycles. The number of sulfonamides is 1. The molecule has 0 bridgehead atoms. The van der Waals surface area contributed by atoms with Crippen LogP contribution in [0.5, 0.6) is 0 Å². The minimum atomic E-state index is -4.09. The molecule has 0 unspecified atom stereocenters. The van der Waals surface area contributed by atoms with Gasteiger partial charge in [0, 0.05) is 32.1 Å². The number of hydrogen-bond acceptors (Lipinski definition) is 5. The molecule has 0 aliphatic carbocycles. The second-order valence-corrected chi connectivity index (χ2v) is 9.56. The molecule has 0 aromatic heterocycles. The molecule has 3 aromatic rings. The lowest BCUT2D eigenvalue weighted by Crippen LogP contribution is -2.24. The Morgan fingerprint density at radius 2 is 1.67 bits per heavy atom. The van der Waals surface area contributed by atoms with Crippen LogP contribution in [0.25, 0.3) is 11.1 Å². The van der Waals surface area contributed by atoms with E-state index in [4.69, 9.17) is 0 Å². The van der Waals surface area contributed by atoms with E-state index in [9.17, 15) is 23.3 Å². The van der Waals surface area contributed by atoms with Gasteiger partial charge in [0.15, 0.2) is 4.90 Å². The summed E-state index contributed by atoms with van der Waals surface area (Å²) in [6, 6.07) is 20.5. The van der Waals surface area contributed by atoms with E-state index in [1.807, 2.05) is 53.4 Å². The lowest BCUT2D eigenvalue weighted by atomic mass is 9.98. The molecule has 170 valence electrons. The van der Waals surface area contributed by atoms with Crippen molar-refractivity contribution in [2.24, 2.45) is 0 Å². The van der Waals surface area contributed by atoms with Crippen LogP contribution in [-0.4, -0.2) is 30.7 Å². The summed E-state index contributed by atoms with van der Waals surface area (Å²) in [6.45, 7) is 1.34. The maximum Gasteiger partial charge on any atom is 0.289 e. The van der Waals surface area contributed by atoms with Crippen LogP contribution in [0.15, 0.2) is 77.7 Å². The Bertz CT molecular complexity index is 1290. The number of nitrogens with zero attached hydrogens (tertiary/aromatic N) is 2. The van der Waals surface area contributed by atoms with Gasteiger partial charge in [-0.2, -0.15) is 0 Å². The first-order valence-corrected chi connectivity index (χ1v) is 12.0. The molecule has 0 spiro atoms. The van der Waals surface area contributed by atoms with Crippen molar-refractivity contribution in [3.05, 3.63) is 94.0 Å². The van der Waals surface area contributed by atoms with E-state index in [1.54, 1.807) is 0 Å². The SMILES string of the molecule is O=C1CCCN1Cc1ccc(-c2ccccc2CNS(=O)(=O)c2ccccc2[N+](=O)[O-])cc1. The highest BCUT2D eigenvalue weighted by molar-refractivity contribution is 7.89. The van der Waals surface area contributed by atoms with Gasteiger partial charge >= 0.3 is 0 Å². The molecule has 0 atom stereocenters. The zero-order chi connectivity index (χ0) is 23.4. The second kappa shape index (κ2) is 9.51. The summed E-state index contributed by atoms with van der Waals surface area (Å²) in [7, 11) is -4.09. The number of nitrogens with one attached hydrogen (secondary N) is 1. The van der Waals surface area contributed by atoms with Crippen LogP contribution < -0.4 is 4.72 Å². The Balaban J connectivity index is 1.52. The van der Waals surface area contributed by atoms with Crippen LogP contribution in [-0.2, 0) is 27.9 Å². The fraction of sp³-hybridized carbons (Fsp3) is 0.208. The normalized spacial score (nSPS) is 13.9. The van der Waals surface area contributed by atoms with Crippen LogP contribution in [0, 0.1) is 10.1 Å². The quantitative estimate of drug-likeness (QED) is 0.401. The largest absolute Gasteiger partial charge is 0.338 e. The van der Waals surface area contributed by atoms with Gasteiger partial charge in [-0.15, -0.1) is 0 Å². The van der Waals surface area contributed by atoms with Gasteiger partial charge in [-0.25, -0.2) is 13.1 Å². The van der Waals surface area contributed by atoms with Gasteiger partial charge < -0.3 is 4.90 Å². The second-order valence-electron chi connectivity index (χ2n) is 7.82. The molecule has 0 saturated carbocycles. The van der Waals surface area contributed by atoms with Gasteiger partial charge in [0.2, 0.25) is 15.9 Å². The molecule has 4 rings (SSSR count). The number of carbonyl (C=O) groups excluding carboxylic acids is 1. The highest BCUT2D eigenvalue weighted by Gasteiger charge is 2.25. The number of para-hydroxylation sites is 1. The van der Waals surface area contributed by atoms with Crippen LogP contribution >= 0.6 is 0 Å². The fourth-order valence-electron chi connectivity index (χ4n) is 3.92. The third-order valence-corrected chi connectivity index (χ3v) is 7.08. The zero-order valence-corrected chi connectivity index (χ0v) is 18.6. The average molecular weight is 466 g/mol. The van der Waals surface area contributed by atoms with Crippen molar-refractivity contribution in [2.75, 3.05) is 6.54 Å². The Kier molecular flexibility index (Phi) is 6.52. The summed E-state index contributed by atoms with van der Waals surface area (Å²) in [5, 5.41) is 11.2. The van der Waals surface area contributed by atoms with Crippen molar-refractivity contribution in [1.82, 2.24) is 9.62 Å². The molecule has 9 heteroatoms. The van der Waals surface area contributed by atoms with Crippen LogP contribution in [0.4, 0.5) is 5.69 Å². The Morgan fingerprint density at radius 3 is 2.36 bits per heavy atom. The van der Waals surface area contributed by atoms with Gasteiger partial charge in [0.05, 0.1) is 4.92 Å². The first-order valence-electron chi connectivity index (χ1n) is 10.5. The van der Waals surface area contributed by atoms with Crippen LogP contribution in [0.1, 0.15) is 24.0 Å². The van der Waals surface area contributed by atoms with E-state index >= 15 is 0 Å². The topological polar surface area (TPSA) is 110 Å². The number of benzene rings is 3. The number of carbonyl (C=O) groups is 1. The smallest absolute Gasteiger partial charge is 0.289 e. The highest BCUT2D eigenvalue weighted by atomic mass is 32.2. The summed E-state index contributed by atoms with van der Waals surface area (Å²) in [5.41, 5.74) is 3.06. The van der Waals surface area contributed by atoms with E-state index in [0.717, 1.165) is 35.2 Å². The number of hydrogen-bond donors (Lipinski definition) is 1. The van der Waals surface area contributed by atoms with Crippen LogP contribution in [0.2, 0.25) is 0 Å². The molecule has 1 N–H and O–H groups in total. The number of nitro groups is 1. The Morgan fingerprint density at radius 1 is 0.970 bits per heavy atom. The number of amides is 1. The molecule has 1 aliphatic heterocycles. The number of rotatable bonds is 8. The van der Waals surface area contributed by atoms with Gasteiger partial charge in [-0.3, -0.25) is 14.9 Å². The molecule has 1 aliphatic rings. The third-order valence-electron chi connectivity index (χ3n) is 5.63. The molecular weight excluding hydrogens is 442 g/mol. The minimum absolute atomic E-state index is 0.0193. The van der Waals surface area contributed by atoms with Gasteiger partial charge in [-0.1, -0.05) is 60.7 Å². The molecule has 33 heavy (non-hydrogen) atoms. The van der Waals surface area contributed by atoms with E-state index in [0.29, 0.717) is 13.0 Å². The maximum atomic E-state index is 12.8. The van der Waals surface area contributed by atoms with Crippen molar-refractivity contribution in [1.29, 1.82) is 0 Å².